The number of rotatable bonds is 5. The molecule has 0 spiro atoms. The average Bonchev–Trinajstić information content (AvgIpc) is 2.37. The van der Waals surface area contributed by atoms with E-state index >= 15 is 0 Å². The highest BCUT2D eigenvalue weighted by Gasteiger charge is 2.40. The average molecular weight is 240 g/mol. The Kier molecular flexibility index (Phi) is 5.46. The summed E-state index contributed by atoms with van der Waals surface area (Å²) in [6, 6.07) is 1.39. The molecule has 0 aromatic rings. The second-order valence-electron chi connectivity index (χ2n) is 5.76. The molecule has 0 aromatic heterocycles. The Hall–Kier alpha value is -0.0800. The van der Waals surface area contributed by atoms with Crippen molar-refractivity contribution in [1.29, 1.82) is 0 Å². The van der Waals surface area contributed by atoms with Gasteiger partial charge in [0.2, 0.25) is 0 Å². The Labute approximate surface area is 108 Å². The lowest BCUT2D eigenvalue weighted by atomic mass is 9.79. The van der Waals surface area contributed by atoms with Crippen LogP contribution < -0.4 is 5.32 Å². The first kappa shape index (κ1) is 15.0. The number of nitrogens with one attached hydrogen (secondary N) is 1. The van der Waals surface area contributed by atoms with Crippen molar-refractivity contribution in [3.63, 3.8) is 0 Å². The molecule has 1 heterocycles. The minimum Gasteiger partial charge on any atom is -0.317 e. The first-order chi connectivity index (χ1) is 8.06. The maximum atomic E-state index is 3.48. The summed E-state index contributed by atoms with van der Waals surface area (Å²) in [5.41, 5.74) is 0.437. The molecule has 2 nitrogen and oxygen atoms in total. The number of piperidine rings is 1. The van der Waals surface area contributed by atoms with Crippen molar-refractivity contribution < 1.29 is 0 Å². The van der Waals surface area contributed by atoms with Crippen LogP contribution in [0.1, 0.15) is 60.3 Å². The molecule has 17 heavy (non-hydrogen) atoms. The maximum absolute atomic E-state index is 3.48. The highest BCUT2D eigenvalue weighted by atomic mass is 15.2. The molecular formula is C15H32N2. The first-order valence-electron chi connectivity index (χ1n) is 7.50. The fourth-order valence-corrected chi connectivity index (χ4v) is 3.80. The normalized spacial score (nSPS) is 31.8. The van der Waals surface area contributed by atoms with E-state index in [4.69, 9.17) is 0 Å². The molecule has 0 radical (unpaired) electrons. The molecule has 102 valence electrons. The van der Waals surface area contributed by atoms with Crippen LogP contribution in [0, 0.1) is 5.92 Å². The lowest BCUT2D eigenvalue weighted by Crippen LogP contribution is -2.60. The van der Waals surface area contributed by atoms with Crippen molar-refractivity contribution in [2.24, 2.45) is 5.92 Å². The summed E-state index contributed by atoms with van der Waals surface area (Å²) in [6.45, 7) is 13.2. The summed E-state index contributed by atoms with van der Waals surface area (Å²) in [4.78, 5) is 2.80. The van der Waals surface area contributed by atoms with Gasteiger partial charge >= 0.3 is 0 Å². The molecule has 1 N–H and O–H groups in total. The molecule has 3 unspecified atom stereocenters. The summed E-state index contributed by atoms with van der Waals surface area (Å²) < 4.78 is 0. The van der Waals surface area contributed by atoms with Gasteiger partial charge in [-0.25, -0.2) is 0 Å². The molecule has 2 heteroatoms. The van der Waals surface area contributed by atoms with Crippen LogP contribution in [0.2, 0.25) is 0 Å². The van der Waals surface area contributed by atoms with Gasteiger partial charge in [0.15, 0.2) is 0 Å². The Balaban J connectivity index is 2.85. The summed E-state index contributed by atoms with van der Waals surface area (Å²) >= 11 is 0. The van der Waals surface area contributed by atoms with Crippen LogP contribution in [0.4, 0.5) is 0 Å². The monoisotopic (exact) mass is 240 g/mol. The summed E-state index contributed by atoms with van der Waals surface area (Å²) in [5, 5.41) is 3.48. The van der Waals surface area contributed by atoms with Gasteiger partial charge in [0.25, 0.3) is 0 Å². The largest absolute Gasteiger partial charge is 0.317 e. The Morgan fingerprint density at radius 1 is 1.12 bits per heavy atom. The van der Waals surface area contributed by atoms with Crippen LogP contribution in [-0.2, 0) is 0 Å². The van der Waals surface area contributed by atoms with Crippen LogP contribution in [-0.4, -0.2) is 36.1 Å². The third-order valence-electron chi connectivity index (χ3n) is 5.52. The molecule has 0 bridgehead atoms. The molecule has 0 aliphatic carbocycles. The number of likely N-dealkylation sites (tertiary alicyclic amines) is 1. The molecular weight excluding hydrogens is 208 g/mol. The van der Waals surface area contributed by atoms with Crippen LogP contribution in [0.5, 0.6) is 0 Å². The van der Waals surface area contributed by atoms with E-state index in [2.05, 4.69) is 51.9 Å². The molecule has 1 aliphatic rings. The van der Waals surface area contributed by atoms with E-state index in [1.807, 2.05) is 0 Å². The summed E-state index contributed by atoms with van der Waals surface area (Å²) in [7, 11) is 2.11. The highest BCUT2D eigenvalue weighted by Crippen LogP contribution is 2.35. The Bertz CT molecular complexity index is 215. The van der Waals surface area contributed by atoms with Gasteiger partial charge in [-0.1, -0.05) is 27.7 Å². The first-order valence-corrected chi connectivity index (χ1v) is 7.50. The molecule has 0 saturated carbocycles. The van der Waals surface area contributed by atoms with Gasteiger partial charge in [-0.05, 0) is 45.6 Å². The zero-order valence-electron chi connectivity index (χ0n) is 12.7. The van der Waals surface area contributed by atoms with E-state index in [1.165, 1.54) is 32.2 Å². The molecule has 1 saturated heterocycles. The third-order valence-corrected chi connectivity index (χ3v) is 5.52. The van der Waals surface area contributed by atoms with Gasteiger partial charge in [0.05, 0.1) is 0 Å². The number of hydrogen-bond acceptors (Lipinski definition) is 2. The van der Waals surface area contributed by atoms with Gasteiger partial charge in [0, 0.05) is 24.2 Å². The fraction of sp³-hybridized carbons (Fsp3) is 1.00. The topological polar surface area (TPSA) is 15.3 Å². The molecule has 1 rings (SSSR count). The molecule has 3 atom stereocenters. The van der Waals surface area contributed by atoms with Crippen molar-refractivity contribution in [3.8, 4) is 0 Å². The minimum absolute atomic E-state index is 0.437. The summed E-state index contributed by atoms with van der Waals surface area (Å²) in [5.74, 6) is 0.748. The van der Waals surface area contributed by atoms with Gasteiger partial charge in [-0.15, -0.1) is 0 Å². The van der Waals surface area contributed by atoms with Crippen molar-refractivity contribution in [3.05, 3.63) is 0 Å². The molecule has 1 aliphatic heterocycles. The zero-order valence-corrected chi connectivity index (χ0v) is 12.7. The number of nitrogens with zero attached hydrogens (tertiary/aromatic N) is 1. The maximum Gasteiger partial charge on any atom is 0.0204 e. The van der Waals surface area contributed by atoms with Crippen LogP contribution in [0.15, 0.2) is 0 Å². The highest BCUT2D eigenvalue weighted by molar-refractivity contribution is 4.97. The molecule has 0 aromatic carbocycles. The van der Waals surface area contributed by atoms with E-state index in [9.17, 15) is 0 Å². The lowest BCUT2D eigenvalue weighted by Gasteiger charge is -2.52. The molecule has 0 amide bonds. The van der Waals surface area contributed by atoms with Gasteiger partial charge < -0.3 is 5.32 Å². The van der Waals surface area contributed by atoms with E-state index < -0.39 is 0 Å². The van der Waals surface area contributed by atoms with Gasteiger partial charge in [0.1, 0.15) is 0 Å². The van der Waals surface area contributed by atoms with Crippen LogP contribution in [0.3, 0.4) is 0 Å². The fourth-order valence-electron chi connectivity index (χ4n) is 3.80. The van der Waals surface area contributed by atoms with E-state index in [1.54, 1.807) is 0 Å². The molecule has 1 fully saturated rings. The SMILES string of the molecule is CCC(CC)(CC)N1CCC(NC)C(C)C1C. The third kappa shape index (κ3) is 2.68. The number of hydrogen-bond donors (Lipinski definition) is 1. The smallest absolute Gasteiger partial charge is 0.0204 e. The second-order valence-corrected chi connectivity index (χ2v) is 5.76. The van der Waals surface area contributed by atoms with Crippen molar-refractivity contribution in [1.82, 2.24) is 10.2 Å². The quantitative estimate of drug-likeness (QED) is 0.793. The Morgan fingerprint density at radius 3 is 2.06 bits per heavy atom. The summed E-state index contributed by atoms with van der Waals surface area (Å²) in [6.07, 6.45) is 5.13. The van der Waals surface area contributed by atoms with Gasteiger partial charge in [-0.2, -0.15) is 0 Å². The standard InChI is InChI=1S/C15H32N2/c1-7-15(8-2,9-3)17-11-10-14(16-6)12(4)13(17)5/h12-14,16H,7-11H2,1-6H3. The van der Waals surface area contributed by atoms with E-state index in [0.717, 1.165) is 5.92 Å². The van der Waals surface area contributed by atoms with Crippen molar-refractivity contribution in [2.45, 2.75) is 77.9 Å². The lowest BCUT2D eigenvalue weighted by molar-refractivity contribution is -0.0199. The van der Waals surface area contributed by atoms with Crippen molar-refractivity contribution in [2.75, 3.05) is 13.6 Å². The van der Waals surface area contributed by atoms with Crippen LogP contribution >= 0.6 is 0 Å². The van der Waals surface area contributed by atoms with Crippen LogP contribution in [0.25, 0.3) is 0 Å². The minimum atomic E-state index is 0.437. The van der Waals surface area contributed by atoms with E-state index in [-0.39, 0.29) is 0 Å². The Morgan fingerprint density at radius 2 is 1.65 bits per heavy atom. The zero-order chi connectivity index (χ0) is 13.1. The van der Waals surface area contributed by atoms with Gasteiger partial charge in [-0.3, -0.25) is 4.90 Å². The van der Waals surface area contributed by atoms with Crippen molar-refractivity contribution >= 4 is 0 Å². The predicted octanol–water partition coefficient (Wildman–Crippen LogP) is 3.27. The predicted molar refractivity (Wildman–Crippen MR) is 76.4 cm³/mol. The van der Waals surface area contributed by atoms with E-state index in [0.29, 0.717) is 17.6 Å². The second kappa shape index (κ2) is 6.19.